The average molecular weight is 358 g/mol. The van der Waals surface area contributed by atoms with E-state index in [1.807, 2.05) is 18.2 Å². The van der Waals surface area contributed by atoms with Gasteiger partial charge in [0.15, 0.2) is 6.29 Å². The summed E-state index contributed by atoms with van der Waals surface area (Å²) in [7, 11) is -1.24. The van der Waals surface area contributed by atoms with Crippen molar-refractivity contribution in [3.63, 3.8) is 0 Å². The number of rotatable bonds is 3. The monoisotopic (exact) mass is 356 g/mol. The van der Waals surface area contributed by atoms with E-state index >= 15 is 0 Å². The molecule has 1 atom stereocenters. The first kappa shape index (κ1) is 14.4. The van der Waals surface area contributed by atoms with Crippen molar-refractivity contribution in [2.45, 2.75) is 4.90 Å². The Bertz CT molecular complexity index is 670. The molecule has 5 heteroatoms. The van der Waals surface area contributed by atoms with E-state index in [0.29, 0.717) is 20.0 Å². The first-order valence-corrected chi connectivity index (χ1v) is 8.15. The summed E-state index contributed by atoms with van der Waals surface area (Å²) in [6, 6.07) is 10.8. The zero-order valence-electron chi connectivity index (χ0n) is 10.0. The number of aldehydes is 1. The summed E-state index contributed by atoms with van der Waals surface area (Å²) in [6.07, 6.45) is 2.31. The van der Waals surface area contributed by atoms with Crippen molar-refractivity contribution in [2.24, 2.45) is 0 Å². The second kappa shape index (κ2) is 5.99. The summed E-state index contributed by atoms with van der Waals surface area (Å²) in [5.74, 6) is 0. The molecule has 0 heterocycles. The Hall–Kier alpha value is -0.970. The molecule has 98 valence electrons. The van der Waals surface area contributed by atoms with Gasteiger partial charge in [0.2, 0.25) is 0 Å². The lowest BCUT2D eigenvalue weighted by Crippen LogP contribution is -1.98. The molecule has 2 nitrogen and oxygen atoms in total. The van der Waals surface area contributed by atoms with E-state index in [1.54, 1.807) is 24.5 Å². The predicted molar refractivity (Wildman–Crippen MR) is 82.3 cm³/mol. The molecule has 0 amide bonds. The summed E-state index contributed by atoms with van der Waals surface area (Å²) in [4.78, 5) is 11.5. The van der Waals surface area contributed by atoms with E-state index in [0.717, 1.165) is 17.4 Å². The van der Waals surface area contributed by atoms with Gasteiger partial charge in [0.25, 0.3) is 0 Å². The van der Waals surface area contributed by atoms with Crippen LogP contribution in [0.3, 0.4) is 0 Å². The number of halogens is 2. The Morgan fingerprint density at radius 2 is 1.84 bits per heavy atom. The molecule has 0 N–H and O–H groups in total. The van der Waals surface area contributed by atoms with Crippen molar-refractivity contribution in [3.8, 4) is 11.1 Å². The van der Waals surface area contributed by atoms with Crippen LogP contribution in [0.25, 0.3) is 11.1 Å². The molecule has 0 bridgehead atoms. The molecule has 19 heavy (non-hydrogen) atoms. The normalized spacial score (nSPS) is 12.2. The topological polar surface area (TPSA) is 34.1 Å². The van der Waals surface area contributed by atoms with Gasteiger partial charge in [0, 0.05) is 32.4 Å². The molecule has 0 aliphatic carbocycles. The average Bonchev–Trinajstić information content (AvgIpc) is 2.38. The molecule has 0 saturated heterocycles. The van der Waals surface area contributed by atoms with E-state index in [2.05, 4.69) is 15.9 Å². The third-order valence-electron chi connectivity index (χ3n) is 2.71. The minimum Gasteiger partial charge on any atom is -0.298 e. The van der Waals surface area contributed by atoms with Gasteiger partial charge in [-0.1, -0.05) is 35.9 Å². The van der Waals surface area contributed by atoms with Crippen LogP contribution in [0.15, 0.2) is 45.8 Å². The molecule has 0 aromatic heterocycles. The highest BCUT2D eigenvalue weighted by Gasteiger charge is 2.17. The third-order valence-corrected chi connectivity index (χ3v) is 5.15. The predicted octanol–water partition coefficient (Wildman–Crippen LogP) is 4.32. The largest absolute Gasteiger partial charge is 0.298 e. The maximum absolute atomic E-state index is 12.0. The zero-order valence-corrected chi connectivity index (χ0v) is 13.2. The van der Waals surface area contributed by atoms with Crippen molar-refractivity contribution in [1.29, 1.82) is 0 Å². The van der Waals surface area contributed by atoms with Crippen molar-refractivity contribution < 1.29 is 9.00 Å². The van der Waals surface area contributed by atoms with Crippen LogP contribution in [0.5, 0.6) is 0 Å². The maximum Gasteiger partial charge on any atom is 0.151 e. The fourth-order valence-electron chi connectivity index (χ4n) is 1.84. The van der Waals surface area contributed by atoms with Gasteiger partial charge in [0.1, 0.15) is 0 Å². The number of carbonyl (C=O) groups is 1. The van der Waals surface area contributed by atoms with Crippen LogP contribution in [-0.4, -0.2) is 16.8 Å². The van der Waals surface area contributed by atoms with E-state index in [-0.39, 0.29) is 0 Å². The van der Waals surface area contributed by atoms with Gasteiger partial charge in [-0.25, -0.2) is 0 Å². The van der Waals surface area contributed by atoms with Crippen LogP contribution in [0.2, 0.25) is 5.02 Å². The SMILES string of the molecule is CS(=O)c1c(-c2ccccc2Cl)ccc(C=O)c1Br. The molecule has 0 saturated carbocycles. The Kier molecular flexibility index (Phi) is 4.55. The van der Waals surface area contributed by atoms with Gasteiger partial charge in [-0.3, -0.25) is 9.00 Å². The molecule has 1 unspecified atom stereocenters. The van der Waals surface area contributed by atoms with Crippen LogP contribution in [0.1, 0.15) is 10.4 Å². The minimum absolute atomic E-state index is 0.473. The van der Waals surface area contributed by atoms with Crippen LogP contribution in [-0.2, 0) is 10.8 Å². The van der Waals surface area contributed by atoms with Gasteiger partial charge >= 0.3 is 0 Å². The third kappa shape index (κ3) is 2.81. The van der Waals surface area contributed by atoms with Gasteiger partial charge in [-0.15, -0.1) is 0 Å². The molecule has 2 aromatic rings. The van der Waals surface area contributed by atoms with E-state index in [1.165, 1.54) is 0 Å². The van der Waals surface area contributed by atoms with E-state index in [4.69, 9.17) is 11.6 Å². The smallest absolute Gasteiger partial charge is 0.151 e. The maximum atomic E-state index is 12.0. The molecule has 2 rings (SSSR count). The standard InChI is InChI=1S/C14H10BrClO2S/c1-19(18)14-11(7-6-9(8-17)13(14)15)10-4-2-3-5-12(10)16/h2-8H,1H3. The van der Waals surface area contributed by atoms with Crippen molar-refractivity contribution in [1.82, 2.24) is 0 Å². The second-order valence-corrected chi connectivity index (χ2v) is 6.41. The van der Waals surface area contributed by atoms with E-state index < -0.39 is 10.8 Å². The first-order valence-electron chi connectivity index (χ1n) is 5.42. The van der Waals surface area contributed by atoms with Crippen molar-refractivity contribution >= 4 is 44.6 Å². The number of hydrogen-bond donors (Lipinski definition) is 0. The van der Waals surface area contributed by atoms with Gasteiger partial charge in [-0.2, -0.15) is 0 Å². The number of carbonyl (C=O) groups excluding carboxylic acids is 1. The molecule has 0 spiro atoms. The quantitative estimate of drug-likeness (QED) is 0.767. The number of benzene rings is 2. The van der Waals surface area contributed by atoms with Crippen LogP contribution in [0, 0.1) is 0 Å². The molecule has 0 radical (unpaired) electrons. The highest BCUT2D eigenvalue weighted by atomic mass is 79.9. The zero-order chi connectivity index (χ0) is 14.0. The summed E-state index contributed by atoms with van der Waals surface area (Å²) in [5.41, 5.74) is 2.04. The van der Waals surface area contributed by atoms with Gasteiger partial charge in [0.05, 0.1) is 15.7 Å². The fraction of sp³-hybridized carbons (Fsp3) is 0.0714. The van der Waals surface area contributed by atoms with Gasteiger partial charge in [-0.05, 0) is 28.1 Å². The number of hydrogen-bond acceptors (Lipinski definition) is 2. The molecular formula is C14H10BrClO2S. The Balaban J connectivity index is 2.78. The highest BCUT2D eigenvalue weighted by Crippen LogP contribution is 2.36. The Labute approximate surface area is 127 Å². The second-order valence-electron chi connectivity index (χ2n) is 3.90. The molecule has 0 aliphatic heterocycles. The molecule has 0 fully saturated rings. The minimum atomic E-state index is -1.24. The Morgan fingerprint density at radius 3 is 2.42 bits per heavy atom. The summed E-state index contributed by atoms with van der Waals surface area (Å²) in [5, 5.41) is 0.583. The van der Waals surface area contributed by atoms with Crippen molar-refractivity contribution in [3.05, 3.63) is 51.5 Å². The first-order chi connectivity index (χ1) is 9.06. The fourth-order valence-corrected chi connectivity index (χ4v) is 4.05. The molecule has 2 aromatic carbocycles. The van der Waals surface area contributed by atoms with Crippen LogP contribution >= 0.6 is 27.5 Å². The van der Waals surface area contributed by atoms with Crippen molar-refractivity contribution in [2.75, 3.05) is 6.26 Å². The summed E-state index contributed by atoms with van der Waals surface area (Å²) < 4.78 is 12.5. The van der Waals surface area contributed by atoms with Crippen LogP contribution < -0.4 is 0 Å². The summed E-state index contributed by atoms with van der Waals surface area (Å²) in [6.45, 7) is 0. The Morgan fingerprint density at radius 1 is 1.16 bits per heavy atom. The lowest BCUT2D eigenvalue weighted by atomic mass is 10.0. The summed E-state index contributed by atoms with van der Waals surface area (Å²) >= 11 is 9.52. The highest BCUT2D eigenvalue weighted by molar-refractivity contribution is 9.10. The molecule has 0 aliphatic rings. The molecular weight excluding hydrogens is 348 g/mol. The lowest BCUT2D eigenvalue weighted by molar-refractivity contribution is 0.112. The van der Waals surface area contributed by atoms with Gasteiger partial charge < -0.3 is 0 Å². The lowest BCUT2D eigenvalue weighted by Gasteiger charge is -2.12. The van der Waals surface area contributed by atoms with Crippen LogP contribution in [0.4, 0.5) is 0 Å². The van der Waals surface area contributed by atoms with E-state index in [9.17, 15) is 9.00 Å².